The summed E-state index contributed by atoms with van der Waals surface area (Å²) in [6.45, 7) is 0. The van der Waals surface area contributed by atoms with E-state index in [9.17, 15) is 4.79 Å². The number of hydrogen-bond donors (Lipinski definition) is 2. The molecule has 0 unspecified atom stereocenters. The number of halogens is 1. The highest BCUT2D eigenvalue weighted by Gasteiger charge is 1.99. The third-order valence-electron chi connectivity index (χ3n) is 2.33. The summed E-state index contributed by atoms with van der Waals surface area (Å²) < 4.78 is 0. The number of amides is 2. The molecule has 0 fully saturated rings. The molecule has 86 valence electrons. The van der Waals surface area contributed by atoms with Crippen LogP contribution in [0, 0.1) is 0 Å². The normalized spacial score (nSPS) is 9.94. The molecule has 0 radical (unpaired) electrons. The van der Waals surface area contributed by atoms with Crippen molar-refractivity contribution in [3.63, 3.8) is 0 Å². The molecule has 17 heavy (non-hydrogen) atoms. The SMILES string of the molecule is NC(=O)Nc1ccc(-c2ccc(Cl)cc2)cc1. The van der Waals surface area contributed by atoms with E-state index in [1.807, 2.05) is 36.4 Å². The van der Waals surface area contributed by atoms with Crippen molar-refractivity contribution >= 4 is 23.3 Å². The largest absolute Gasteiger partial charge is 0.351 e. The second kappa shape index (κ2) is 4.89. The number of nitrogens with two attached hydrogens (primary N) is 1. The Morgan fingerprint density at radius 3 is 1.88 bits per heavy atom. The maximum atomic E-state index is 10.7. The van der Waals surface area contributed by atoms with Gasteiger partial charge in [0, 0.05) is 10.7 Å². The molecule has 0 bridgehead atoms. The highest BCUT2D eigenvalue weighted by atomic mass is 35.5. The van der Waals surface area contributed by atoms with Crippen molar-refractivity contribution in [3.05, 3.63) is 53.6 Å². The van der Waals surface area contributed by atoms with E-state index < -0.39 is 6.03 Å². The smallest absolute Gasteiger partial charge is 0.316 e. The van der Waals surface area contributed by atoms with E-state index in [2.05, 4.69) is 5.32 Å². The minimum atomic E-state index is -0.566. The van der Waals surface area contributed by atoms with Crippen LogP contribution in [0.1, 0.15) is 0 Å². The lowest BCUT2D eigenvalue weighted by Crippen LogP contribution is -2.19. The lowest BCUT2D eigenvalue weighted by molar-refractivity contribution is 0.259. The lowest BCUT2D eigenvalue weighted by Gasteiger charge is -2.04. The number of primary amides is 1. The van der Waals surface area contributed by atoms with Crippen molar-refractivity contribution in [1.82, 2.24) is 0 Å². The average Bonchev–Trinajstić information content (AvgIpc) is 2.30. The molecular weight excluding hydrogens is 236 g/mol. The van der Waals surface area contributed by atoms with Crippen LogP contribution in [0.15, 0.2) is 48.5 Å². The molecule has 3 N–H and O–H groups in total. The van der Waals surface area contributed by atoms with Gasteiger partial charge in [-0.1, -0.05) is 35.9 Å². The Hall–Kier alpha value is -2.00. The molecule has 0 aliphatic heterocycles. The van der Waals surface area contributed by atoms with E-state index in [-0.39, 0.29) is 0 Å². The summed E-state index contributed by atoms with van der Waals surface area (Å²) in [4.78, 5) is 10.7. The van der Waals surface area contributed by atoms with Crippen molar-refractivity contribution < 1.29 is 4.79 Å². The predicted octanol–water partition coefficient (Wildman–Crippen LogP) is 3.50. The number of rotatable bonds is 2. The third kappa shape index (κ3) is 2.98. The minimum absolute atomic E-state index is 0.566. The standard InChI is InChI=1S/C13H11ClN2O/c14-11-5-1-9(2-6-11)10-3-7-12(8-4-10)16-13(15)17/h1-8H,(H3,15,16,17). The zero-order valence-electron chi connectivity index (χ0n) is 8.98. The Bertz CT molecular complexity index is 520. The second-order valence-electron chi connectivity index (χ2n) is 3.57. The topological polar surface area (TPSA) is 55.1 Å². The Morgan fingerprint density at radius 1 is 0.941 bits per heavy atom. The molecule has 0 saturated carbocycles. The van der Waals surface area contributed by atoms with Crippen molar-refractivity contribution in [3.8, 4) is 11.1 Å². The summed E-state index contributed by atoms with van der Waals surface area (Å²) in [7, 11) is 0. The summed E-state index contributed by atoms with van der Waals surface area (Å²) >= 11 is 5.82. The van der Waals surface area contributed by atoms with E-state index in [1.165, 1.54) is 0 Å². The quantitative estimate of drug-likeness (QED) is 0.837. The first-order valence-corrected chi connectivity index (χ1v) is 5.45. The first kappa shape index (κ1) is 11.5. The van der Waals surface area contributed by atoms with Gasteiger partial charge in [0.05, 0.1) is 0 Å². The summed E-state index contributed by atoms with van der Waals surface area (Å²) in [5, 5.41) is 3.22. The van der Waals surface area contributed by atoms with E-state index in [0.717, 1.165) is 11.1 Å². The van der Waals surface area contributed by atoms with Crippen LogP contribution in [0.2, 0.25) is 5.02 Å². The lowest BCUT2D eigenvalue weighted by atomic mass is 10.1. The maximum Gasteiger partial charge on any atom is 0.316 e. The predicted molar refractivity (Wildman–Crippen MR) is 70.1 cm³/mol. The Morgan fingerprint density at radius 2 is 1.41 bits per heavy atom. The van der Waals surface area contributed by atoms with Gasteiger partial charge in [-0.2, -0.15) is 0 Å². The minimum Gasteiger partial charge on any atom is -0.351 e. The number of carbonyl (C=O) groups is 1. The van der Waals surface area contributed by atoms with Gasteiger partial charge in [0.15, 0.2) is 0 Å². The molecule has 0 aliphatic rings. The fraction of sp³-hybridized carbons (Fsp3) is 0. The number of nitrogens with one attached hydrogen (secondary N) is 1. The number of anilines is 1. The molecule has 4 heteroatoms. The van der Waals surface area contributed by atoms with Crippen LogP contribution < -0.4 is 11.1 Å². The highest BCUT2D eigenvalue weighted by molar-refractivity contribution is 6.30. The zero-order valence-corrected chi connectivity index (χ0v) is 9.74. The average molecular weight is 247 g/mol. The van der Waals surface area contributed by atoms with Crippen molar-refractivity contribution in [2.75, 3.05) is 5.32 Å². The number of benzene rings is 2. The first-order chi connectivity index (χ1) is 8.15. The number of urea groups is 1. The summed E-state index contributed by atoms with van der Waals surface area (Å²) in [6, 6.07) is 14.4. The van der Waals surface area contributed by atoms with E-state index in [4.69, 9.17) is 17.3 Å². The molecule has 0 heterocycles. The second-order valence-corrected chi connectivity index (χ2v) is 4.01. The highest BCUT2D eigenvalue weighted by Crippen LogP contribution is 2.22. The van der Waals surface area contributed by atoms with Gasteiger partial charge in [0.2, 0.25) is 0 Å². The molecule has 3 nitrogen and oxygen atoms in total. The van der Waals surface area contributed by atoms with Crippen LogP contribution in [0.25, 0.3) is 11.1 Å². The third-order valence-corrected chi connectivity index (χ3v) is 2.58. The monoisotopic (exact) mass is 246 g/mol. The van der Waals surface area contributed by atoms with Crippen LogP contribution in [0.5, 0.6) is 0 Å². The van der Waals surface area contributed by atoms with Crippen molar-refractivity contribution in [2.24, 2.45) is 5.73 Å². The number of carbonyl (C=O) groups excluding carboxylic acids is 1. The molecule has 0 saturated heterocycles. The molecule has 0 atom stereocenters. The maximum absolute atomic E-state index is 10.7. The molecule has 2 aromatic rings. The number of hydrogen-bond acceptors (Lipinski definition) is 1. The van der Waals surface area contributed by atoms with Crippen molar-refractivity contribution in [2.45, 2.75) is 0 Å². The summed E-state index contributed by atoms with van der Waals surface area (Å²) in [6.07, 6.45) is 0. The Kier molecular flexibility index (Phi) is 3.30. The summed E-state index contributed by atoms with van der Waals surface area (Å²) in [5.41, 5.74) is 7.82. The summed E-state index contributed by atoms with van der Waals surface area (Å²) in [5.74, 6) is 0. The fourth-order valence-corrected chi connectivity index (χ4v) is 1.66. The van der Waals surface area contributed by atoms with Gasteiger partial charge in [0.1, 0.15) is 0 Å². The van der Waals surface area contributed by atoms with Gasteiger partial charge >= 0.3 is 6.03 Å². The van der Waals surface area contributed by atoms with Gasteiger partial charge in [-0.25, -0.2) is 4.79 Å². The first-order valence-electron chi connectivity index (χ1n) is 5.07. The van der Waals surface area contributed by atoms with E-state index in [1.54, 1.807) is 12.1 Å². The van der Waals surface area contributed by atoms with Gasteiger partial charge < -0.3 is 11.1 Å². The molecule has 2 amide bonds. The molecule has 0 aliphatic carbocycles. The van der Waals surface area contributed by atoms with Crippen molar-refractivity contribution in [1.29, 1.82) is 0 Å². The van der Waals surface area contributed by atoms with E-state index >= 15 is 0 Å². The van der Waals surface area contributed by atoms with Crippen LogP contribution in [-0.2, 0) is 0 Å². The van der Waals surface area contributed by atoms with Gasteiger partial charge in [-0.15, -0.1) is 0 Å². The van der Waals surface area contributed by atoms with Crippen LogP contribution in [-0.4, -0.2) is 6.03 Å². The molecule has 0 spiro atoms. The van der Waals surface area contributed by atoms with Gasteiger partial charge in [0.25, 0.3) is 0 Å². The fourth-order valence-electron chi connectivity index (χ4n) is 1.53. The Balaban J connectivity index is 2.23. The molecular formula is C13H11ClN2O. The Labute approximate surface area is 104 Å². The van der Waals surface area contributed by atoms with Crippen LogP contribution in [0.4, 0.5) is 10.5 Å². The van der Waals surface area contributed by atoms with Gasteiger partial charge in [-0.05, 0) is 35.4 Å². The van der Waals surface area contributed by atoms with E-state index in [0.29, 0.717) is 10.7 Å². The molecule has 2 aromatic carbocycles. The van der Waals surface area contributed by atoms with Crippen LogP contribution in [0.3, 0.4) is 0 Å². The molecule has 0 aromatic heterocycles. The van der Waals surface area contributed by atoms with Crippen LogP contribution >= 0.6 is 11.6 Å². The van der Waals surface area contributed by atoms with Gasteiger partial charge in [-0.3, -0.25) is 0 Å². The zero-order chi connectivity index (χ0) is 12.3. The molecule has 2 rings (SSSR count).